The number of aryl methyl sites for hydroxylation is 2. The molecular weight excluding hydrogens is 258 g/mol. The fourth-order valence-corrected chi connectivity index (χ4v) is 1.96. The Bertz CT molecular complexity index is 468. The summed E-state index contributed by atoms with van der Waals surface area (Å²) >= 11 is 0. The Kier molecular flexibility index (Phi) is 6.21. The Balaban J connectivity index is 2.98. The van der Waals surface area contributed by atoms with Crippen LogP contribution in [0.25, 0.3) is 0 Å². The molecule has 0 radical (unpaired) electrons. The fraction of sp³-hybridized carbons (Fsp3) is 0.643. The third-order valence-corrected chi connectivity index (χ3v) is 3.04. The molecule has 0 aromatic carbocycles. The molecule has 0 unspecified atom stereocenters. The predicted octanol–water partition coefficient (Wildman–Crippen LogP) is 1.49. The number of ether oxygens (including phenoxy) is 1. The summed E-state index contributed by atoms with van der Waals surface area (Å²) in [7, 11) is 1.32. The fourth-order valence-electron chi connectivity index (χ4n) is 1.96. The molecule has 0 N–H and O–H groups in total. The molecule has 0 aliphatic heterocycles. The van der Waals surface area contributed by atoms with Gasteiger partial charge in [-0.25, -0.2) is 0 Å². The van der Waals surface area contributed by atoms with E-state index in [0.717, 1.165) is 18.5 Å². The molecule has 0 spiro atoms. The zero-order valence-electron chi connectivity index (χ0n) is 12.7. The highest BCUT2D eigenvalue weighted by atomic mass is 16.5. The lowest BCUT2D eigenvalue weighted by Gasteiger charge is -2.20. The number of nitrogens with zero attached hydrogens (tertiary/aromatic N) is 3. The quantitative estimate of drug-likeness (QED) is 0.710. The summed E-state index contributed by atoms with van der Waals surface area (Å²) in [4.78, 5) is 25.5. The van der Waals surface area contributed by atoms with Crippen molar-refractivity contribution in [1.82, 2.24) is 14.7 Å². The number of carbonyl (C=O) groups is 2. The Morgan fingerprint density at radius 2 is 2.05 bits per heavy atom. The molecule has 20 heavy (non-hydrogen) atoms. The maximum Gasteiger partial charge on any atom is 0.325 e. The summed E-state index contributed by atoms with van der Waals surface area (Å²) in [5.74, 6) is -0.587. The number of aromatic nitrogens is 2. The number of esters is 1. The number of amides is 1. The van der Waals surface area contributed by atoms with Crippen LogP contribution in [-0.4, -0.2) is 46.8 Å². The second-order valence-corrected chi connectivity index (χ2v) is 4.49. The van der Waals surface area contributed by atoms with Crippen molar-refractivity contribution in [1.29, 1.82) is 0 Å². The van der Waals surface area contributed by atoms with Crippen molar-refractivity contribution in [2.24, 2.45) is 0 Å². The number of rotatable bonds is 7. The van der Waals surface area contributed by atoms with Gasteiger partial charge in [-0.3, -0.25) is 14.3 Å². The van der Waals surface area contributed by atoms with Crippen molar-refractivity contribution < 1.29 is 14.3 Å². The van der Waals surface area contributed by atoms with Gasteiger partial charge in [-0.2, -0.15) is 5.10 Å². The SMILES string of the molecule is CCCN(CC(=O)OC)C(=O)c1cc(CC)nn1CC. The van der Waals surface area contributed by atoms with Crippen LogP contribution in [0.2, 0.25) is 0 Å². The van der Waals surface area contributed by atoms with Gasteiger partial charge >= 0.3 is 5.97 Å². The first-order valence-electron chi connectivity index (χ1n) is 7.00. The molecule has 1 rings (SSSR count). The van der Waals surface area contributed by atoms with Gasteiger partial charge in [0.15, 0.2) is 0 Å². The average molecular weight is 281 g/mol. The van der Waals surface area contributed by atoms with Crippen molar-refractivity contribution in [2.45, 2.75) is 40.2 Å². The first-order chi connectivity index (χ1) is 9.57. The molecule has 6 nitrogen and oxygen atoms in total. The van der Waals surface area contributed by atoms with Crippen molar-refractivity contribution in [3.05, 3.63) is 17.5 Å². The molecule has 1 amide bonds. The Hall–Kier alpha value is -1.85. The van der Waals surface area contributed by atoms with Gasteiger partial charge in [0.05, 0.1) is 12.8 Å². The van der Waals surface area contributed by atoms with E-state index in [9.17, 15) is 9.59 Å². The Morgan fingerprint density at radius 3 is 2.55 bits per heavy atom. The molecule has 0 atom stereocenters. The molecule has 0 aliphatic rings. The lowest BCUT2D eigenvalue weighted by atomic mass is 10.2. The van der Waals surface area contributed by atoms with Gasteiger partial charge in [0, 0.05) is 13.1 Å². The van der Waals surface area contributed by atoms with Gasteiger partial charge in [-0.15, -0.1) is 0 Å². The molecule has 0 aliphatic carbocycles. The molecule has 1 aromatic heterocycles. The number of hydrogen-bond donors (Lipinski definition) is 0. The summed E-state index contributed by atoms with van der Waals surface area (Å²) in [5.41, 5.74) is 1.41. The van der Waals surface area contributed by atoms with Crippen LogP contribution in [0.15, 0.2) is 6.07 Å². The van der Waals surface area contributed by atoms with Crippen molar-refractivity contribution in [3.63, 3.8) is 0 Å². The maximum atomic E-state index is 12.6. The lowest BCUT2D eigenvalue weighted by molar-refractivity contribution is -0.141. The summed E-state index contributed by atoms with van der Waals surface area (Å²) in [6.07, 6.45) is 1.56. The summed E-state index contributed by atoms with van der Waals surface area (Å²) in [6, 6.07) is 1.80. The number of hydrogen-bond acceptors (Lipinski definition) is 4. The predicted molar refractivity (Wildman–Crippen MR) is 75.5 cm³/mol. The van der Waals surface area contributed by atoms with E-state index in [1.807, 2.05) is 20.8 Å². The molecule has 6 heteroatoms. The molecule has 1 heterocycles. The highest BCUT2D eigenvalue weighted by Crippen LogP contribution is 2.10. The van der Waals surface area contributed by atoms with Crippen molar-refractivity contribution >= 4 is 11.9 Å². The average Bonchev–Trinajstić information content (AvgIpc) is 2.89. The normalized spacial score (nSPS) is 10.4. The van der Waals surface area contributed by atoms with E-state index < -0.39 is 5.97 Å². The third kappa shape index (κ3) is 3.82. The smallest absolute Gasteiger partial charge is 0.325 e. The Labute approximate surface area is 119 Å². The monoisotopic (exact) mass is 281 g/mol. The second kappa shape index (κ2) is 7.67. The van der Waals surface area contributed by atoms with Crippen LogP contribution >= 0.6 is 0 Å². The standard InChI is InChI=1S/C14H23N3O3/c1-5-8-16(10-13(18)20-4)14(19)12-9-11(6-2)15-17(12)7-3/h9H,5-8,10H2,1-4H3. The summed E-state index contributed by atoms with van der Waals surface area (Å²) in [5, 5.41) is 4.36. The minimum absolute atomic E-state index is 0.0282. The van der Waals surface area contributed by atoms with E-state index in [4.69, 9.17) is 0 Å². The highest BCUT2D eigenvalue weighted by molar-refractivity contribution is 5.94. The minimum atomic E-state index is -0.412. The van der Waals surface area contributed by atoms with Gasteiger partial charge in [0.1, 0.15) is 12.2 Å². The van der Waals surface area contributed by atoms with Crippen LogP contribution in [0.5, 0.6) is 0 Å². The van der Waals surface area contributed by atoms with E-state index in [1.54, 1.807) is 10.7 Å². The first kappa shape index (κ1) is 16.2. The maximum absolute atomic E-state index is 12.6. The van der Waals surface area contributed by atoms with E-state index in [2.05, 4.69) is 9.84 Å². The van der Waals surface area contributed by atoms with Crippen LogP contribution in [0.1, 0.15) is 43.4 Å². The first-order valence-corrected chi connectivity index (χ1v) is 7.00. The van der Waals surface area contributed by atoms with E-state index in [-0.39, 0.29) is 12.5 Å². The van der Waals surface area contributed by atoms with Crippen LogP contribution in [-0.2, 0) is 22.5 Å². The van der Waals surface area contributed by atoms with Crippen molar-refractivity contribution in [3.8, 4) is 0 Å². The van der Waals surface area contributed by atoms with Crippen LogP contribution in [0.4, 0.5) is 0 Å². The van der Waals surface area contributed by atoms with Gasteiger partial charge in [-0.1, -0.05) is 13.8 Å². The topological polar surface area (TPSA) is 64.4 Å². The van der Waals surface area contributed by atoms with Crippen LogP contribution in [0.3, 0.4) is 0 Å². The highest BCUT2D eigenvalue weighted by Gasteiger charge is 2.22. The molecule has 0 saturated carbocycles. The lowest BCUT2D eigenvalue weighted by Crippen LogP contribution is -2.37. The third-order valence-electron chi connectivity index (χ3n) is 3.04. The van der Waals surface area contributed by atoms with Crippen LogP contribution in [0, 0.1) is 0 Å². The molecule has 0 bridgehead atoms. The van der Waals surface area contributed by atoms with Gasteiger partial charge in [0.2, 0.25) is 0 Å². The molecule has 0 fully saturated rings. The molecule has 112 valence electrons. The second-order valence-electron chi connectivity index (χ2n) is 4.49. The van der Waals surface area contributed by atoms with Gasteiger partial charge in [-0.05, 0) is 25.8 Å². The molecule has 0 saturated heterocycles. The molecular formula is C14H23N3O3. The zero-order valence-corrected chi connectivity index (χ0v) is 12.7. The zero-order chi connectivity index (χ0) is 15.1. The van der Waals surface area contributed by atoms with E-state index in [1.165, 1.54) is 12.0 Å². The Morgan fingerprint density at radius 1 is 1.35 bits per heavy atom. The van der Waals surface area contributed by atoms with E-state index >= 15 is 0 Å². The number of methoxy groups -OCH3 is 1. The van der Waals surface area contributed by atoms with Crippen molar-refractivity contribution in [2.75, 3.05) is 20.2 Å². The van der Waals surface area contributed by atoms with Gasteiger partial charge < -0.3 is 9.64 Å². The number of carbonyl (C=O) groups excluding carboxylic acids is 2. The minimum Gasteiger partial charge on any atom is -0.468 e. The summed E-state index contributed by atoms with van der Waals surface area (Å²) in [6.45, 7) is 7.01. The summed E-state index contributed by atoms with van der Waals surface area (Å²) < 4.78 is 6.32. The van der Waals surface area contributed by atoms with E-state index in [0.29, 0.717) is 18.8 Å². The van der Waals surface area contributed by atoms with Gasteiger partial charge in [0.25, 0.3) is 5.91 Å². The van der Waals surface area contributed by atoms with Crippen LogP contribution < -0.4 is 0 Å². The molecule has 1 aromatic rings. The largest absolute Gasteiger partial charge is 0.468 e.